The summed E-state index contributed by atoms with van der Waals surface area (Å²) in [5.41, 5.74) is 1.90. The van der Waals surface area contributed by atoms with Crippen LogP contribution in [0, 0.1) is 5.92 Å². The van der Waals surface area contributed by atoms with Crippen molar-refractivity contribution in [2.24, 2.45) is 5.92 Å². The Morgan fingerprint density at radius 3 is 2.37 bits per heavy atom. The second-order valence-electron chi connectivity index (χ2n) is 9.38. The molecule has 0 spiro atoms. The van der Waals surface area contributed by atoms with E-state index in [0.717, 1.165) is 36.1 Å². The Balaban J connectivity index is 1.35. The summed E-state index contributed by atoms with van der Waals surface area (Å²) in [4.78, 5) is 15.4. The Morgan fingerprint density at radius 2 is 1.69 bits per heavy atom. The lowest BCUT2D eigenvalue weighted by Crippen LogP contribution is -2.27. The first-order valence-corrected chi connectivity index (χ1v) is 11.9. The Kier molecular flexibility index (Phi) is 6.23. The Labute approximate surface area is 201 Å². The van der Waals surface area contributed by atoms with Crippen LogP contribution in [0.2, 0.25) is 0 Å². The van der Waals surface area contributed by atoms with E-state index in [0.29, 0.717) is 22.7 Å². The molecular weight excluding hydrogens is 453 g/mol. The fraction of sp³-hybridized carbons (Fsp3) is 0.333. The first-order valence-electron chi connectivity index (χ1n) is 11.9. The van der Waals surface area contributed by atoms with E-state index in [2.05, 4.69) is 16.9 Å². The van der Waals surface area contributed by atoms with E-state index in [1.165, 1.54) is 48.7 Å². The predicted octanol–water partition coefficient (Wildman–Crippen LogP) is 5.60. The monoisotopic (exact) mass is 480 g/mol. The fourth-order valence-corrected chi connectivity index (χ4v) is 4.85. The molecule has 0 aliphatic carbocycles. The maximum absolute atomic E-state index is 12.8. The number of fused-ring (bicyclic) bond motifs is 1. The topological polar surface area (TPSA) is 43.1 Å². The second-order valence-corrected chi connectivity index (χ2v) is 9.38. The highest BCUT2D eigenvalue weighted by atomic mass is 19.4. The van der Waals surface area contributed by atoms with Crippen LogP contribution in [-0.4, -0.2) is 38.9 Å². The molecule has 0 unspecified atom stereocenters. The van der Waals surface area contributed by atoms with Crippen molar-refractivity contribution in [1.29, 1.82) is 0 Å². The van der Waals surface area contributed by atoms with E-state index >= 15 is 0 Å². The van der Waals surface area contributed by atoms with Crippen molar-refractivity contribution in [3.63, 3.8) is 0 Å². The predicted molar refractivity (Wildman–Crippen MR) is 131 cm³/mol. The number of rotatable bonds is 6. The minimum atomic E-state index is -4.39. The van der Waals surface area contributed by atoms with Crippen LogP contribution < -0.4 is 5.56 Å². The smallest absolute Gasteiger partial charge is 0.303 e. The number of likely N-dealkylation sites (tertiary alicyclic amines) is 1. The van der Waals surface area contributed by atoms with Crippen LogP contribution in [0.25, 0.3) is 27.7 Å². The van der Waals surface area contributed by atoms with E-state index in [4.69, 9.17) is 0 Å². The lowest BCUT2D eigenvalue weighted by Gasteiger charge is -2.20. The summed E-state index contributed by atoms with van der Waals surface area (Å²) in [6.45, 7) is 6.51. The minimum Gasteiger partial charge on any atom is -0.303 e. The van der Waals surface area contributed by atoms with Gasteiger partial charge in [-0.25, -0.2) is 0 Å². The average molecular weight is 481 g/mol. The van der Waals surface area contributed by atoms with Crippen molar-refractivity contribution < 1.29 is 13.2 Å². The molecule has 8 heteroatoms. The lowest BCUT2D eigenvalue weighted by molar-refractivity contribution is -0.137. The third-order valence-corrected chi connectivity index (χ3v) is 6.62. The van der Waals surface area contributed by atoms with Gasteiger partial charge in [-0.05, 0) is 79.4 Å². The van der Waals surface area contributed by atoms with Crippen LogP contribution >= 0.6 is 0 Å². The van der Waals surface area contributed by atoms with E-state index in [9.17, 15) is 18.0 Å². The number of aromatic nitrogens is 3. The van der Waals surface area contributed by atoms with Crippen molar-refractivity contribution in [2.45, 2.75) is 32.5 Å². The first-order chi connectivity index (χ1) is 16.8. The van der Waals surface area contributed by atoms with Crippen molar-refractivity contribution in [3.8, 4) is 16.8 Å². The number of nitrogens with zero attached hydrogens (tertiary/aromatic N) is 4. The molecule has 1 aliphatic rings. The van der Waals surface area contributed by atoms with Crippen LogP contribution in [0.1, 0.15) is 25.3 Å². The fourth-order valence-electron chi connectivity index (χ4n) is 4.85. The molecular formula is C27H27F3N4O. The van der Waals surface area contributed by atoms with E-state index < -0.39 is 11.7 Å². The van der Waals surface area contributed by atoms with Crippen molar-refractivity contribution >= 4 is 10.9 Å². The quantitative estimate of drug-likeness (QED) is 0.361. The zero-order valence-corrected chi connectivity index (χ0v) is 19.5. The van der Waals surface area contributed by atoms with Crippen molar-refractivity contribution in [2.75, 3.05) is 19.6 Å². The second kappa shape index (κ2) is 9.34. The molecule has 0 saturated carbocycles. The van der Waals surface area contributed by atoms with Gasteiger partial charge in [0.1, 0.15) is 0 Å². The zero-order valence-electron chi connectivity index (χ0n) is 19.5. The SMILES string of the molecule is C[C@H](CN1CCCC1)Cn1ncc2cc(-n3ccc(-c4ccc(C(F)(F)F)cc4)cc3=O)ccc21. The molecule has 35 heavy (non-hydrogen) atoms. The lowest BCUT2D eigenvalue weighted by atomic mass is 10.0. The molecule has 4 aromatic rings. The molecule has 1 aliphatic heterocycles. The van der Waals surface area contributed by atoms with Crippen molar-refractivity contribution in [3.05, 3.63) is 82.9 Å². The van der Waals surface area contributed by atoms with Crippen LogP contribution in [0.5, 0.6) is 0 Å². The van der Waals surface area contributed by atoms with E-state index in [1.807, 2.05) is 29.1 Å². The highest BCUT2D eigenvalue weighted by Crippen LogP contribution is 2.31. The average Bonchev–Trinajstić information content (AvgIpc) is 3.48. The number of hydrogen-bond acceptors (Lipinski definition) is 3. The number of hydrogen-bond donors (Lipinski definition) is 0. The molecule has 0 N–H and O–H groups in total. The Hall–Kier alpha value is -3.39. The highest BCUT2D eigenvalue weighted by Gasteiger charge is 2.30. The van der Waals surface area contributed by atoms with Gasteiger partial charge in [-0.1, -0.05) is 19.1 Å². The van der Waals surface area contributed by atoms with Crippen LogP contribution in [0.4, 0.5) is 13.2 Å². The summed E-state index contributed by atoms with van der Waals surface area (Å²) in [6.07, 6.45) is 1.65. The summed E-state index contributed by atoms with van der Waals surface area (Å²) in [5, 5.41) is 5.53. The molecule has 5 rings (SSSR count). The van der Waals surface area contributed by atoms with Gasteiger partial charge < -0.3 is 4.90 Å². The van der Waals surface area contributed by atoms with Crippen LogP contribution in [-0.2, 0) is 12.7 Å². The van der Waals surface area contributed by atoms with Crippen LogP contribution in [0.15, 0.2) is 71.8 Å². The number of alkyl halides is 3. The largest absolute Gasteiger partial charge is 0.416 e. The molecule has 0 bridgehead atoms. The van der Waals surface area contributed by atoms with Gasteiger partial charge in [0.15, 0.2) is 0 Å². The molecule has 0 amide bonds. The summed E-state index contributed by atoms with van der Waals surface area (Å²) in [6, 6.07) is 13.8. The molecule has 1 saturated heterocycles. The first kappa shape index (κ1) is 23.4. The zero-order chi connectivity index (χ0) is 24.6. The maximum Gasteiger partial charge on any atom is 0.416 e. The summed E-state index contributed by atoms with van der Waals surface area (Å²) < 4.78 is 42.0. The third kappa shape index (κ3) is 5.03. The van der Waals surface area contributed by atoms with Gasteiger partial charge >= 0.3 is 6.18 Å². The molecule has 0 radical (unpaired) electrons. The van der Waals surface area contributed by atoms with Crippen molar-refractivity contribution in [1.82, 2.24) is 19.2 Å². The minimum absolute atomic E-state index is 0.256. The number of halogens is 3. The molecule has 182 valence electrons. The number of benzene rings is 2. The van der Waals surface area contributed by atoms with E-state index in [1.54, 1.807) is 12.3 Å². The number of pyridine rings is 1. The van der Waals surface area contributed by atoms with E-state index in [-0.39, 0.29) is 5.56 Å². The summed E-state index contributed by atoms with van der Waals surface area (Å²) in [7, 11) is 0. The maximum atomic E-state index is 12.8. The molecule has 2 aromatic heterocycles. The van der Waals surface area contributed by atoms with Gasteiger partial charge in [0.25, 0.3) is 5.56 Å². The van der Waals surface area contributed by atoms with Gasteiger partial charge in [0.2, 0.25) is 0 Å². The highest BCUT2D eigenvalue weighted by molar-refractivity contribution is 5.81. The molecule has 3 heterocycles. The normalized spacial score (nSPS) is 15.7. The summed E-state index contributed by atoms with van der Waals surface area (Å²) in [5.74, 6) is 0.483. The standard InChI is InChI=1S/C27H27F3N4O/c1-19(17-32-11-2-3-12-32)18-34-25-9-8-24(14-22(25)16-31-34)33-13-10-21(15-26(33)35)20-4-6-23(7-5-20)27(28,29)30/h4-10,13-16,19H,2-3,11-12,17-18H2,1H3/t19-/m1/s1. The Morgan fingerprint density at radius 1 is 0.943 bits per heavy atom. The van der Waals surface area contributed by atoms with Gasteiger partial charge in [0.05, 0.1) is 17.3 Å². The Bertz CT molecular complexity index is 1380. The van der Waals surface area contributed by atoms with Crippen LogP contribution in [0.3, 0.4) is 0 Å². The summed E-state index contributed by atoms with van der Waals surface area (Å²) >= 11 is 0. The van der Waals surface area contributed by atoms with Gasteiger partial charge in [-0.2, -0.15) is 18.3 Å². The van der Waals surface area contributed by atoms with Gasteiger partial charge in [-0.3, -0.25) is 14.0 Å². The third-order valence-electron chi connectivity index (χ3n) is 6.62. The molecule has 1 fully saturated rings. The molecule has 1 atom stereocenters. The molecule has 5 nitrogen and oxygen atoms in total. The van der Waals surface area contributed by atoms with Gasteiger partial charge in [0, 0.05) is 36.4 Å². The molecule has 2 aromatic carbocycles. The van der Waals surface area contributed by atoms with Gasteiger partial charge in [-0.15, -0.1) is 0 Å².